The van der Waals surface area contributed by atoms with E-state index >= 15 is 0 Å². The van der Waals surface area contributed by atoms with Crippen molar-refractivity contribution in [3.63, 3.8) is 0 Å². The van der Waals surface area contributed by atoms with Crippen LogP contribution in [0.15, 0.2) is 0 Å². The quantitative estimate of drug-likeness (QED) is 0.454. The van der Waals surface area contributed by atoms with Crippen LogP contribution < -0.4 is 0 Å². The van der Waals surface area contributed by atoms with Crippen LogP contribution in [0.4, 0.5) is 0 Å². The summed E-state index contributed by atoms with van der Waals surface area (Å²) in [6.07, 6.45) is 0. The molecule has 41 valence electrons. The summed E-state index contributed by atoms with van der Waals surface area (Å²) in [6.45, 7) is 0. The monoisotopic (exact) mass is 357 g/mol. The Morgan fingerprint density at radius 3 is 1.00 bits per heavy atom. The number of hydrogen-bond donors (Lipinski definition) is 0. The van der Waals surface area contributed by atoms with Gasteiger partial charge in [-0.3, -0.25) is 0 Å². The molecule has 0 fully saturated rings. The van der Waals surface area contributed by atoms with Crippen molar-refractivity contribution < 1.29 is 34.1 Å². The van der Waals surface area contributed by atoms with Crippen LogP contribution in [0.1, 0.15) is 0 Å². The van der Waals surface area contributed by atoms with Crippen molar-refractivity contribution in [3.8, 4) is 0 Å². The molecule has 0 spiro atoms. The van der Waals surface area contributed by atoms with E-state index < -0.39 is 0 Å². The second-order valence-corrected chi connectivity index (χ2v) is 0. The Kier molecular flexibility index (Phi) is 282. The standard InChI is InChI=1S/Cu.Fe.H2S.H2Se.Sn.2H/h;;2*1H2;;;. The summed E-state index contributed by atoms with van der Waals surface area (Å²) in [4.78, 5) is 0. The molecule has 0 aliphatic heterocycles. The molecule has 0 saturated carbocycles. The molecule has 0 aromatic heterocycles. The van der Waals surface area contributed by atoms with E-state index in [-0.39, 0.29) is 88.6 Å². The maximum absolute atomic E-state index is 0. The third kappa shape index (κ3) is 20.3. The van der Waals surface area contributed by atoms with Crippen molar-refractivity contribution >= 4 is 54.5 Å². The van der Waals surface area contributed by atoms with Crippen LogP contribution in [0.25, 0.3) is 0 Å². The van der Waals surface area contributed by atoms with Crippen LogP contribution in [0, 0.1) is 0 Å². The third-order valence-electron chi connectivity index (χ3n) is 0. The average Bonchev–Trinajstić information content (AvgIpc) is 0. The Balaban J connectivity index is 0. The Morgan fingerprint density at radius 1 is 1.00 bits per heavy atom. The average molecular weight is 355 g/mol. The van der Waals surface area contributed by atoms with Crippen LogP contribution >= 0.6 is 13.5 Å². The van der Waals surface area contributed by atoms with Gasteiger partial charge in [0.2, 0.25) is 0 Å². The molecule has 0 aromatic carbocycles. The van der Waals surface area contributed by atoms with E-state index in [4.69, 9.17) is 0 Å². The van der Waals surface area contributed by atoms with Gasteiger partial charge in [-0.1, -0.05) is 0 Å². The second-order valence-electron chi connectivity index (χ2n) is 0. The van der Waals surface area contributed by atoms with Crippen molar-refractivity contribution in [1.29, 1.82) is 0 Å². The number of hydrogen-bond acceptors (Lipinski definition) is 0. The van der Waals surface area contributed by atoms with Gasteiger partial charge in [0.25, 0.3) is 0 Å². The van der Waals surface area contributed by atoms with Crippen molar-refractivity contribution in [2.75, 3.05) is 0 Å². The molecular formula is H6CuFeSSeSn. The second kappa shape index (κ2) is 29.8. The molecule has 0 bridgehead atoms. The Bertz CT molecular complexity index is 11.6. The first kappa shape index (κ1) is 47.3. The first-order valence-electron chi connectivity index (χ1n) is 0. The molecule has 0 atom stereocenters. The van der Waals surface area contributed by atoms with Gasteiger partial charge in [0.15, 0.2) is 0 Å². The van der Waals surface area contributed by atoms with Gasteiger partial charge < -0.3 is 0 Å². The maximum atomic E-state index is 0. The molecule has 5 heavy (non-hydrogen) atoms. The summed E-state index contributed by atoms with van der Waals surface area (Å²) in [5, 5.41) is 0. The van der Waals surface area contributed by atoms with Crippen molar-refractivity contribution in [2.24, 2.45) is 0 Å². The van der Waals surface area contributed by atoms with Gasteiger partial charge >= 0.3 is 41.0 Å². The SMILES string of the molecule is S.[Cu].[Fe].[SeH2].[SnH2]. The van der Waals surface area contributed by atoms with E-state index in [0.717, 1.165) is 0 Å². The molecular weight excluding hydrogens is 349 g/mol. The van der Waals surface area contributed by atoms with E-state index in [0.29, 0.717) is 0 Å². The molecule has 0 N–H and O–H groups in total. The fourth-order valence-corrected chi connectivity index (χ4v) is 0. The Labute approximate surface area is 87.4 Å². The molecule has 0 rings (SSSR count). The summed E-state index contributed by atoms with van der Waals surface area (Å²) < 4.78 is 0. The topological polar surface area (TPSA) is 0 Å². The first-order chi connectivity index (χ1) is 0. The van der Waals surface area contributed by atoms with Gasteiger partial charge in [-0.05, 0) is 0 Å². The van der Waals surface area contributed by atoms with Gasteiger partial charge in [-0.25, -0.2) is 0 Å². The summed E-state index contributed by atoms with van der Waals surface area (Å²) in [5.41, 5.74) is 0. The molecule has 0 nitrogen and oxygen atoms in total. The Hall–Kier alpha value is 2.71. The zero-order valence-corrected chi connectivity index (χ0v) is 11.5. The molecule has 0 aromatic rings. The zero-order chi connectivity index (χ0) is 0. The minimum atomic E-state index is 0. The molecule has 3 radical (unpaired) electrons. The van der Waals surface area contributed by atoms with Crippen molar-refractivity contribution in [3.05, 3.63) is 0 Å². The van der Waals surface area contributed by atoms with Crippen LogP contribution in [0.3, 0.4) is 0 Å². The third-order valence-corrected chi connectivity index (χ3v) is 0. The van der Waals surface area contributed by atoms with Crippen LogP contribution in [0.5, 0.6) is 0 Å². The van der Waals surface area contributed by atoms with E-state index in [1.165, 1.54) is 0 Å². The first-order valence-corrected chi connectivity index (χ1v) is 0. The van der Waals surface area contributed by atoms with Crippen molar-refractivity contribution in [2.45, 2.75) is 0 Å². The van der Waals surface area contributed by atoms with Crippen molar-refractivity contribution in [1.82, 2.24) is 0 Å². The summed E-state index contributed by atoms with van der Waals surface area (Å²) in [6, 6.07) is 0. The van der Waals surface area contributed by atoms with Crippen LogP contribution in [-0.4, -0.2) is 41.0 Å². The molecule has 0 amide bonds. The predicted octanol–water partition coefficient (Wildman–Crippen LogP) is -1.72. The predicted molar refractivity (Wildman–Crippen MR) is 27.5 cm³/mol. The molecule has 0 aliphatic carbocycles. The van der Waals surface area contributed by atoms with Gasteiger partial charge in [-0.15, -0.1) is 0 Å². The van der Waals surface area contributed by atoms with Gasteiger partial charge in [0.05, 0.1) is 0 Å². The van der Waals surface area contributed by atoms with E-state index in [1.54, 1.807) is 0 Å². The minimum absolute atomic E-state index is 0. The summed E-state index contributed by atoms with van der Waals surface area (Å²) in [5.74, 6) is 0. The normalized spacial score (nSPS) is 0. The molecule has 0 unspecified atom stereocenters. The molecule has 0 saturated heterocycles. The van der Waals surface area contributed by atoms with E-state index in [1.807, 2.05) is 0 Å². The molecule has 0 heterocycles. The Morgan fingerprint density at radius 2 is 1.00 bits per heavy atom. The van der Waals surface area contributed by atoms with Crippen LogP contribution in [-0.2, 0) is 34.1 Å². The van der Waals surface area contributed by atoms with Gasteiger partial charge in [0, 0.05) is 34.1 Å². The van der Waals surface area contributed by atoms with Crippen LogP contribution in [0.2, 0.25) is 0 Å². The molecule has 5 heteroatoms. The van der Waals surface area contributed by atoms with E-state index in [9.17, 15) is 0 Å². The van der Waals surface area contributed by atoms with E-state index in [2.05, 4.69) is 0 Å². The zero-order valence-electron chi connectivity index (χ0n) is 2.36. The molecule has 0 aliphatic rings. The number of rotatable bonds is 0. The summed E-state index contributed by atoms with van der Waals surface area (Å²) >= 11 is 0. The summed E-state index contributed by atoms with van der Waals surface area (Å²) in [7, 11) is 0. The fraction of sp³-hybridized carbons (Fsp3) is 0. The fourth-order valence-electron chi connectivity index (χ4n) is 0. The van der Waals surface area contributed by atoms with Gasteiger partial charge in [-0.2, -0.15) is 13.5 Å². The van der Waals surface area contributed by atoms with Gasteiger partial charge in [0.1, 0.15) is 0 Å².